The quantitative estimate of drug-likeness (QED) is 0.0264. The van der Waals surface area contributed by atoms with E-state index in [0.717, 1.165) is 83.5 Å². The number of ether oxygens (including phenoxy) is 3. The van der Waals surface area contributed by atoms with E-state index >= 15 is 0 Å². The fourth-order valence-electron chi connectivity index (χ4n) is 6.82. The van der Waals surface area contributed by atoms with Crippen LogP contribution in [0.25, 0.3) is 0 Å². The monoisotopic (exact) mass is 801 g/mol. The van der Waals surface area contributed by atoms with E-state index in [1.165, 1.54) is 128 Å². The maximum atomic E-state index is 12.7. The van der Waals surface area contributed by atoms with Crippen molar-refractivity contribution in [2.24, 2.45) is 0 Å². The van der Waals surface area contributed by atoms with Gasteiger partial charge in [-0.1, -0.05) is 179 Å². The van der Waals surface area contributed by atoms with Crippen LogP contribution in [0.5, 0.6) is 0 Å². The molecular weight excluding hydrogens is 709 g/mol. The number of hydrogen-bond acceptors (Lipinski definition) is 6. The van der Waals surface area contributed by atoms with Crippen molar-refractivity contribution < 1.29 is 28.6 Å². The molecule has 0 aliphatic rings. The van der Waals surface area contributed by atoms with Gasteiger partial charge in [0.25, 0.3) is 0 Å². The first-order valence-electron chi connectivity index (χ1n) is 24.5. The molecule has 0 unspecified atom stereocenters. The van der Waals surface area contributed by atoms with Crippen molar-refractivity contribution in [2.75, 3.05) is 13.2 Å². The van der Waals surface area contributed by atoms with Crippen molar-refractivity contribution in [1.29, 1.82) is 0 Å². The fraction of sp³-hybridized carbons (Fsp3) is 0.824. The van der Waals surface area contributed by atoms with Gasteiger partial charge in [0.05, 0.1) is 0 Å². The molecule has 0 spiro atoms. The highest BCUT2D eigenvalue weighted by Gasteiger charge is 2.19. The van der Waals surface area contributed by atoms with E-state index in [4.69, 9.17) is 14.2 Å². The lowest BCUT2D eigenvalue weighted by Crippen LogP contribution is -2.30. The minimum absolute atomic E-state index is 0.0815. The standard InChI is InChI=1S/C51H92O6/c1-4-7-10-13-16-19-22-24-25-27-30-32-35-38-41-44-50(53)56-47-48(57-51(54)45-42-39-36-33-28-21-18-15-12-9-6-3)46-55-49(52)43-40-37-34-31-29-26-23-20-17-14-11-8-5-2/h15,18,20,23-25,48H,4-14,16-17,19,21-22,26-47H2,1-3H3/b18-15-,23-20-,25-24-/t48-/m0/s1. The van der Waals surface area contributed by atoms with Gasteiger partial charge in [0, 0.05) is 19.3 Å². The number of unbranched alkanes of at least 4 members (excludes halogenated alkanes) is 27. The second-order valence-electron chi connectivity index (χ2n) is 16.4. The third kappa shape index (κ3) is 44.6. The largest absolute Gasteiger partial charge is 0.462 e. The molecule has 0 N–H and O–H groups in total. The zero-order valence-electron chi connectivity index (χ0n) is 37.9. The van der Waals surface area contributed by atoms with Crippen LogP contribution in [0.1, 0.15) is 252 Å². The smallest absolute Gasteiger partial charge is 0.306 e. The Balaban J connectivity index is 4.37. The van der Waals surface area contributed by atoms with Gasteiger partial charge in [0.2, 0.25) is 0 Å². The Morgan fingerprint density at radius 3 is 0.947 bits per heavy atom. The van der Waals surface area contributed by atoms with Gasteiger partial charge < -0.3 is 14.2 Å². The molecule has 0 aromatic carbocycles. The molecule has 0 aliphatic carbocycles. The lowest BCUT2D eigenvalue weighted by atomic mass is 10.1. The Morgan fingerprint density at radius 1 is 0.333 bits per heavy atom. The zero-order chi connectivity index (χ0) is 41.5. The Bertz CT molecular complexity index is 969. The predicted molar refractivity (Wildman–Crippen MR) is 242 cm³/mol. The van der Waals surface area contributed by atoms with Crippen LogP contribution in [0.3, 0.4) is 0 Å². The summed E-state index contributed by atoms with van der Waals surface area (Å²) in [7, 11) is 0. The molecule has 0 amide bonds. The molecule has 0 aromatic rings. The van der Waals surface area contributed by atoms with Crippen molar-refractivity contribution in [3.05, 3.63) is 36.5 Å². The molecule has 0 bridgehead atoms. The van der Waals surface area contributed by atoms with E-state index < -0.39 is 6.10 Å². The lowest BCUT2D eigenvalue weighted by molar-refractivity contribution is -0.167. The van der Waals surface area contributed by atoms with E-state index in [-0.39, 0.29) is 31.1 Å². The van der Waals surface area contributed by atoms with Crippen LogP contribution in [0.4, 0.5) is 0 Å². The summed E-state index contributed by atoms with van der Waals surface area (Å²) in [4.78, 5) is 37.8. The summed E-state index contributed by atoms with van der Waals surface area (Å²) in [6.45, 7) is 6.56. The second-order valence-corrected chi connectivity index (χ2v) is 16.4. The van der Waals surface area contributed by atoms with E-state index in [9.17, 15) is 14.4 Å². The molecule has 0 radical (unpaired) electrons. The third-order valence-corrected chi connectivity index (χ3v) is 10.6. The summed E-state index contributed by atoms with van der Waals surface area (Å²) in [5, 5.41) is 0. The van der Waals surface area contributed by atoms with Gasteiger partial charge in [-0.05, 0) is 89.9 Å². The van der Waals surface area contributed by atoms with Crippen molar-refractivity contribution in [3.63, 3.8) is 0 Å². The molecule has 0 heterocycles. The molecule has 0 aliphatic heterocycles. The minimum atomic E-state index is -0.779. The highest BCUT2D eigenvalue weighted by Crippen LogP contribution is 2.14. The fourth-order valence-corrected chi connectivity index (χ4v) is 6.82. The maximum Gasteiger partial charge on any atom is 0.306 e. The van der Waals surface area contributed by atoms with Gasteiger partial charge >= 0.3 is 17.9 Å². The number of carbonyl (C=O) groups excluding carboxylic acids is 3. The Morgan fingerprint density at radius 2 is 0.596 bits per heavy atom. The Hall–Kier alpha value is -2.37. The lowest BCUT2D eigenvalue weighted by Gasteiger charge is -2.18. The van der Waals surface area contributed by atoms with Crippen LogP contribution < -0.4 is 0 Å². The van der Waals surface area contributed by atoms with Crippen molar-refractivity contribution in [1.82, 2.24) is 0 Å². The molecule has 332 valence electrons. The Kier molecular flexibility index (Phi) is 44.4. The zero-order valence-corrected chi connectivity index (χ0v) is 37.9. The normalized spacial score (nSPS) is 12.3. The molecule has 6 heteroatoms. The van der Waals surface area contributed by atoms with Crippen molar-refractivity contribution in [3.8, 4) is 0 Å². The summed E-state index contributed by atoms with van der Waals surface area (Å²) in [5.74, 6) is -0.904. The first kappa shape index (κ1) is 54.6. The van der Waals surface area contributed by atoms with Crippen LogP contribution in [-0.2, 0) is 28.6 Å². The van der Waals surface area contributed by atoms with Crippen molar-refractivity contribution >= 4 is 17.9 Å². The third-order valence-electron chi connectivity index (χ3n) is 10.6. The molecule has 0 rings (SSSR count). The maximum absolute atomic E-state index is 12.7. The molecule has 0 saturated carbocycles. The average molecular weight is 801 g/mol. The predicted octanol–water partition coefficient (Wildman–Crippen LogP) is 15.8. The molecule has 0 saturated heterocycles. The number of allylic oxidation sites excluding steroid dienone is 6. The number of hydrogen-bond donors (Lipinski definition) is 0. The summed E-state index contributed by atoms with van der Waals surface area (Å²) < 4.78 is 16.7. The summed E-state index contributed by atoms with van der Waals surface area (Å²) >= 11 is 0. The number of rotatable bonds is 44. The van der Waals surface area contributed by atoms with E-state index in [2.05, 4.69) is 57.2 Å². The summed E-state index contributed by atoms with van der Waals surface area (Å²) in [6, 6.07) is 0. The molecular formula is C51H92O6. The molecule has 6 nitrogen and oxygen atoms in total. The number of esters is 3. The van der Waals surface area contributed by atoms with Gasteiger partial charge in [-0.15, -0.1) is 0 Å². The average Bonchev–Trinajstić information content (AvgIpc) is 3.21. The van der Waals surface area contributed by atoms with E-state index in [1.807, 2.05) is 0 Å². The van der Waals surface area contributed by atoms with Gasteiger partial charge in [0.1, 0.15) is 13.2 Å². The summed E-state index contributed by atoms with van der Waals surface area (Å²) in [5.41, 5.74) is 0. The van der Waals surface area contributed by atoms with E-state index in [0.29, 0.717) is 19.3 Å². The Labute approximate surface area is 353 Å². The van der Waals surface area contributed by atoms with Crippen LogP contribution in [-0.4, -0.2) is 37.2 Å². The van der Waals surface area contributed by atoms with Gasteiger partial charge in [-0.25, -0.2) is 0 Å². The number of carbonyl (C=O) groups is 3. The SMILES string of the molecule is CCCC/C=C\CCCCCCCC(=O)O[C@@H](COC(=O)CCCCCCC/C=C\CCCCCC)COC(=O)CCCCCCC/C=C\CCCCCCCC. The topological polar surface area (TPSA) is 78.9 Å². The van der Waals surface area contributed by atoms with E-state index in [1.54, 1.807) is 0 Å². The molecule has 0 aromatic heterocycles. The van der Waals surface area contributed by atoms with Crippen LogP contribution in [0.15, 0.2) is 36.5 Å². The first-order chi connectivity index (χ1) is 28.0. The second kappa shape index (κ2) is 46.3. The minimum Gasteiger partial charge on any atom is -0.462 e. The molecule has 57 heavy (non-hydrogen) atoms. The van der Waals surface area contributed by atoms with Crippen LogP contribution >= 0.6 is 0 Å². The highest BCUT2D eigenvalue weighted by atomic mass is 16.6. The van der Waals surface area contributed by atoms with Crippen molar-refractivity contribution in [2.45, 2.75) is 258 Å². The molecule has 1 atom stereocenters. The van der Waals surface area contributed by atoms with Crippen LogP contribution in [0.2, 0.25) is 0 Å². The molecule has 0 fully saturated rings. The van der Waals surface area contributed by atoms with Crippen LogP contribution in [0, 0.1) is 0 Å². The van der Waals surface area contributed by atoms with Gasteiger partial charge in [0.15, 0.2) is 6.10 Å². The highest BCUT2D eigenvalue weighted by molar-refractivity contribution is 5.71. The first-order valence-corrected chi connectivity index (χ1v) is 24.5. The summed E-state index contributed by atoms with van der Waals surface area (Å²) in [6.07, 6.45) is 52.6. The van der Waals surface area contributed by atoms with Gasteiger partial charge in [-0.3, -0.25) is 14.4 Å². The van der Waals surface area contributed by atoms with Gasteiger partial charge in [-0.2, -0.15) is 0 Å².